The Morgan fingerprint density at radius 3 is 2.38 bits per heavy atom. The second-order valence-electron chi connectivity index (χ2n) is 11.2. The number of amides is 3. The van der Waals surface area contributed by atoms with E-state index in [1.54, 1.807) is 19.2 Å². The van der Waals surface area contributed by atoms with Gasteiger partial charge in [-0.2, -0.15) is 0 Å². The van der Waals surface area contributed by atoms with Crippen molar-refractivity contribution in [1.29, 1.82) is 0 Å². The van der Waals surface area contributed by atoms with Gasteiger partial charge in [-0.05, 0) is 48.6 Å². The van der Waals surface area contributed by atoms with Crippen molar-refractivity contribution in [3.05, 3.63) is 65.4 Å². The molecule has 2 N–H and O–H groups in total. The molecule has 0 aliphatic carbocycles. The monoisotopic (exact) mass is 502 g/mol. The number of hydrogen-bond acceptors (Lipinski definition) is 4. The molecule has 3 aromatic rings. The summed E-state index contributed by atoms with van der Waals surface area (Å²) in [7, 11) is 1.57. The number of ether oxygens (including phenoxy) is 1. The van der Waals surface area contributed by atoms with E-state index in [0.29, 0.717) is 30.1 Å². The summed E-state index contributed by atoms with van der Waals surface area (Å²) >= 11 is 0. The maximum absolute atomic E-state index is 13.8. The van der Waals surface area contributed by atoms with Gasteiger partial charge in [0.2, 0.25) is 5.91 Å². The summed E-state index contributed by atoms with van der Waals surface area (Å²) in [5.41, 5.74) is 2.37. The van der Waals surface area contributed by atoms with Crippen molar-refractivity contribution in [3.8, 4) is 5.75 Å². The van der Waals surface area contributed by atoms with Crippen LogP contribution in [0.3, 0.4) is 0 Å². The molecule has 0 spiro atoms. The van der Waals surface area contributed by atoms with Gasteiger partial charge in [0, 0.05) is 24.0 Å². The number of carbonyl (C=O) groups is 3. The Hall–Kier alpha value is -3.81. The van der Waals surface area contributed by atoms with Crippen LogP contribution in [0.25, 0.3) is 10.9 Å². The number of nitrogens with one attached hydrogen (secondary N) is 2. The van der Waals surface area contributed by atoms with Crippen LogP contribution in [0.1, 0.15) is 53.6 Å². The summed E-state index contributed by atoms with van der Waals surface area (Å²) in [6.45, 7) is 8.75. The molecule has 0 radical (unpaired) electrons. The minimum Gasteiger partial charge on any atom is -0.496 e. The van der Waals surface area contributed by atoms with E-state index < -0.39 is 11.5 Å². The third kappa shape index (κ3) is 4.56. The lowest BCUT2D eigenvalue weighted by molar-refractivity contribution is -0.138. The average molecular weight is 503 g/mol. The van der Waals surface area contributed by atoms with E-state index in [2.05, 4.69) is 10.3 Å². The SMILES string of the molecule is COc1cc(C)ccc1C(=O)N1CC2CC1CN2C(=O)C(NC(=O)c1cc2ccccc2[nH]1)C(C)(C)C. The van der Waals surface area contributed by atoms with Crippen LogP contribution in [0.4, 0.5) is 0 Å². The molecule has 3 heterocycles. The van der Waals surface area contributed by atoms with Crippen LogP contribution in [0.15, 0.2) is 48.5 Å². The van der Waals surface area contributed by atoms with Crippen molar-refractivity contribution in [2.45, 2.75) is 52.2 Å². The summed E-state index contributed by atoms with van der Waals surface area (Å²) in [6.07, 6.45) is 0.735. The van der Waals surface area contributed by atoms with Crippen molar-refractivity contribution >= 4 is 28.6 Å². The fraction of sp³-hybridized carbons (Fsp3) is 0.414. The van der Waals surface area contributed by atoms with E-state index >= 15 is 0 Å². The minimum atomic E-state index is -0.702. The molecule has 37 heavy (non-hydrogen) atoms. The Morgan fingerprint density at radius 2 is 1.73 bits per heavy atom. The maximum Gasteiger partial charge on any atom is 0.268 e. The summed E-state index contributed by atoms with van der Waals surface area (Å²) in [5, 5.41) is 3.93. The van der Waals surface area contributed by atoms with Gasteiger partial charge < -0.3 is 24.8 Å². The lowest BCUT2D eigenvalue weighted by Crippen LogP contribution is -2.59. The van der Waals surface area contributed by atoms with Crippen LogP contribution in [-0.2, 0) is 4.79 Å². The first-order valence-corrected chi connectivity index (χ1v) is 12.7. The Kier molecular flexibility index (Phi) is 6.22. The van der Waals surface area contributed by atoms with Crippen molar-refractivity contribution < 1.29 is 19.1 Å². The highest BCUT2D eigenvalue weighted by molar-refractivity contribution is 6.01. The van der Waals surface area contributed by atoms with Gasteiger partial charge >= 0.3 is 0 Å². The lowest BCUT2D eigenvalue weighted by atomic mass is 9.85. The Balaban J connectivity index is 1.30. The number of H-pyrrole nitrogens is 1. The van der Waals surface area contributed by atoms with E-state index in [9.17, 15) is 14.4 Å². The molecule has 2 aromatic carbocycles. The zero-order valence-electron chi connectivity index (χ0n) is 22.0. The van der Waals surface area contributed by atoms with Gasteiger partial charge in [0.15, 0.2) is 0 Å². The topological polar surface area (TPSA) is 94.7 Å². The van der Waals surface area contributed by atoms with Crippen molar-refractivity contribution in [3.63, 3.8) is 0 Å². The molecule has 5 rings (SSSR count). The molecule has 3 atom stereocenters. The number of aromatic nitrogens is 1. The van der Waals surface area contributed by atoms with Gasteiger partial charge in [-0.1, -0.05) is 45.0 Å². The van der Waals surface area contributed by atoms with Crippen LogP contribution in [0.5, 0.6) is 5.75 Å². The summed E-state index contributed by atoms with van der Waals surface area (Å²) in [5.74, 6) is 0.0747. The minimum absolute atomic E-state index is 0.0579. The molecule has 8 nitrogen and oxygen atoms in total. The van der Waals surface area contributed by atoms with Gasteiger partial charge in [-0.25, -0.2) is 0 Å². The van der Waals surface area contributed by atoms with E-state index in [1.807, 2.05) is 73.9 Å². The molecule has 2 bridgehead atoms. The van der Waals surface area contributed by atoms with E-state index in [4.69, 9.17) is 4.74 Å². The number of hydrogen-bond donors (Lipinski definition) is 2. The van der Waals surface area contributed by atoms with E-state index in [0.717, 1.165) is 22.9 Å². The molecule has 2 fully saturated rings. The average Bonchev–Trinajstić information content (AvgIpc) is 3.59. The number of rotatable bonds is 5. The quantitative estimate of drug-likeness (QED) is 0.556. The first kappa shape index (κ1) is 24.9. The molecule has 194 valence electrons. The van der Waals surface area contributed by atoms with Crippen LogP contribution in [0, 0.1) is 12.3 Å². The maximum atomic E-state index is 13.8. The molecular weight excluding hydrogens is 468 g/mol. The van der Waals surface area contributed by atoms with Crippen molar-refractivity contribution in [1.82, 2.24) is 20.1 Å². The molecule has 2 saturated heterocycles. The molecule has 2 aliphatic heterocycles. The lowest BCUT2D eigenvalue weighted by Gasteiger charge is -2.39. The highest BCUT2D eigenvalue weighted by atomic mass is 16.5. The number of carbonyl (C=O) groups excluding carboxylic acids is 3. The number of para-hydroxylation sites is 1. The number of piperazine rings is 1. The number of nitrogens with zero attached hydrogens (tertiary/aromatic N) is 2. The highest BCUT2D eigenvalue weighted by Gasteiger charge is 2.50. The van der Waals surface area contributed by atoms with Crippen LogP contribution in [-0.4, -0.2) is 70.8 Å². The van der Waals surface area contributed by atoms with Crippen molar-refractivity contribution in [2.24, 2.45) is 5.41 Å². The largest absolute Gasteiger partial charge is 0.496 e. The van der Waals surface area contributed by atoms with Gasteiger partial charge in [0.05, 0.1) is 24.8 Å². The zero-order chi connectivity index (χ0) is 26.5. The second kappa shape index (κ2) is 9.25. The van der Waals surface area contributed by atoms with E-state index in [1.165, 1.54) is 0 Å². The summed E-state index contributed by atoms with van der Waals surface area (Å²) < 4.78 is 5.45. The van der Waals surface area contributed by atoms with Crippen LogP contribution in [0.2, 0.25) is 0 Å². The number of aromatic amines is 1. The fourth-order valence-electron chi connectivity index (χ4n) is 5.53. The Labute approximate surface area is 217 Å². The van der Waals surface area contributed by atoms with Crippen LogP contribution < -0.4 is 10.1 Å². The Bertz CT molecular complexity index is 1340. The van der Waals surface area contributed by atoms with E-state index in [-0.39, 0.29) is 29.8 Å². The first-order chi connectivity index (χ1) is 17.6. The normalized spacial score (nSPS) is 19.8. The molecule has 3 amide bonds. The fourth-order valence-corrected chi connectivity index (χ4v) is 5.53. The molecule has 8 heteroatoms. The first-order valence-electron chi connectivity index (χ1n) is 12.7. The smallest absolute Gasteiger partial charge is 0.268 e. The molecule has 2 aliphatic rings. The number of fused-ring (bicyclic) bond motifs is 3. The number of methoxy groups -OCH3 is 1. The summed E-state index contributed by atoms with van der Waals surface area (Å²) in [6, 6.07) is 14.2. The standard InChI is InChI=1S/C29H34N4O4/c1-17-10-11-21(24(12-17)37-5)27(35)32-15-20-14-19(32)16-33(20)28(36)25(29(2,3)4)31-26(34)23-13-18-8-6-7-9-22(18)30-23/h6-13,19-20,25,30H,14-16H2,1-5H3,(H,31,34). The predicted octanol–water partition coefficient (Wildman–Crippen LogP) is 3.75. The van der Waals surface area contributed by atoms with Crippen molar-refractivity contribution in [2.75, 3.05) is 20.2 Å². The summed E-state index contributed by atoms with van der Waals surface area (Å²) in [4.78, 5) is 47.1. The number of aryl methyl sites for hydroxylation is 1. The molecule has 1 aromatic heterocycles. The molecule has 3 unspecified atom stereocenters. The van der Waals surface area contributed by atoms with Gasteiger partial charge in [-0.15, -0.1) is 0 Å². The predicted molar refractivity (Wildman–Crippen MR) is 142 cm³/mol. The third-order valence-electron chi connectivity index (χ3n) is 7.53. The van der Waals surface area contributed by atoms with Gasteiger partial charge in [0.1, 0.15) is 17.5 Å². The zero-order valence-corrected chi connectivity index (χ0v) is 22.0. The van der Waals surface area contributed by atoms with Gasteiger partial charge in [-0.3, -0.25) is 14.4 Å². The second-order valence-corrected chi connectivity index (χ2v) is 11.2. The van der Waals surface area contributed by atoms with Gasteiger partial charge in [0.25, 0.3) is 11.8 Å². The number of benzene rings is 2. The van der Waals surface area contributed by atoms with Crippen LogP contribution >= 0.6 is 0 Å². The molecule has 0 saturated carbocycles. The third-order valence-corrected chi connectivity index (χ3v) is 7.53. The molecular formula is C29H34N4O4. The Morgan fingerprint density at radius 1 is 1.03 bits per heavy atom. The highest BCUT2D eigenvalue weighted by Crippen LogP contribution is 2.35. The number of likely N-dealkylation sites (tertiary alicyclic amines) is 2.